The molecule has 2 atom stereocenters. The van der Waals surface area contributed by atoms with E-state index < -0.39 is 19.1 Å². The van der Waals surface area contributed by atoms with Crippen LogP contribution in [0.5, 0.6) is 0 Å². The molecule has 0 bridgehead atoms. The van der Waals surface area contributed by atoms with Crippen LogP contribution in [0.15, 0.2) is 36.9 Å². The van der Waals surface area contributed by atoms with E-state index in [0.29, 0.717) is 13.2 Å². The maximum atomic E-state index is 12.7. The van der Waals surface area contributed by atoms with E-state index in [1.165, 1.54) is 0 Å². The van der Waals surface area contributed by atoms with E-state index in [9.17, 15) is 4.21 Å². The first-order valence-electron chi connectivity index (χ1n) is 9.85. The summed E-state index contributed by atoms with van der Waals surface area (Å²) in [4.78, 5) is 0. The van der Waals surface area contributed by atoms with Gasteiger partial charge in [-0.1, -0.05) is 43.9 Å². The predicted octanol–water partition coefficient (Wildman–Crippen LogP) is 5.02. The lowest BCUT2D eigenvalue weighted by atomic mass is 10.1. The van der Waals surface area contributed by atoms with E-state index in [4.69, 9.17) is 9.84 Å². The predicted molar refractivity (Wildman–Crippen MR) is 122 cm³/mol. The lowest BCUT2D eigenvalue weighted by Gasteiger charge is -2.23. The molecule has 28 heavy (non-hydrogen) atoms. The van der Waals surface area contributed by atoms with Gasteiger partial charge in [-0.2, -0.15) is 5.10 Å². The summed E-state index contributed by atoms with van der Waals surface area (Å²) < 4.78 is 23.4. The van der Waals surface area contributed by atoms with E-state index in [-0.39, 0.29) is 10.8 Å². The van der Waals surface area contributed by atoms with E-state index in [1.807, 2.05) is 43.7 Å². The average Bonchev–Trinajstić information content (AvgIpc) is 2.95. The zero-order valence-corrected chi connectivity index (χ0v) is 19.9. The van der Waals surface area contributed by atoms with Gasteiger partial charge in [0.25, 0.3) is 0 Å². The summed E-state index contributed by atoms with van der Waals surface area (Å²) >= 11 is 0. The van der Waals surface area contributed by atoms with Crippen LogP contribution in [0.1, 0.15) is 38.9 Å². The van der Waals surface area contributed by atoms with Crippen molar-refractivity contribution in [3.63, 3.8) is 0 Å². The third kappa shape index (κ3) is 6.37. The number of hydrogen-bond donors (Lipinski definition) is 1. The molecule has 156 valence electrons. The SMILES string of the molecule is C=CC[C@H](N[S@@](=O)C(C)(C)C)c1nn(COCC[Si](C)(C)C)c2ccccc12. The fourth-order valence-electron chi connectivity index (χ4n) is 2.73. The maximum absolute atomic E-state index is 12.7. The third-order valence-corrected chi connectivity index (χ3v) is 7.75. The van der Waals surface area contributed by atoms with Gasteiger partial charge in [0.15, 0.2) is 0 Å². The number of nitrogens with one attached hydrogen (secondary N) is 1. The second kappa shape index (κ2) is 9.48. The van der Waals surface area contributed by atoms with Gasteiger partial charge in [-0.05, 0) is 39.3 Å². The number of benzene rings is 1. The molecular formula is C21H35N3O2SSi. The van der Waals surface area contributed by atoms with Gasteiger partial charge in [-0.15, -0.1) is 6.58 Å². The quantitative estimate of drug-likeness (QED) is 0.333. The molecule has 0 aliphatic rings. The Morgan fingerprint density at radius 2 is 2.00 bits per heavy atom. The van der Waals surface area contributed by atoms with Crippen molar-refractivity contribution in [2.24, 2.45) is 0 Å². The highest BCUT2D eigenvalue weighted by molar-refractivity contribution is 7.84. The normalized spacial score (nSPS) is 14.9. The molecule has 1 aromatic carbocycles. The van der Waals surface area contributed by atoms with E-state index in [2.05, 4.69) is 43.1 Å². The minimum absolute atomic E-state index is 0.161. The summed E-state index contributed by atoms with van der Waals surface area (Å²) in [6.45, 7) is 18.0. The number of ether oxygens (including phenoxy) is 1. The molecule has 1 aromatic heterocycles. The van der Waals surface area contributed by atoms with Crippen LogP contribution in [0.4, 0.5) is 0 Å². The Kier molecular flexibility index (Phi) is 7.78. The Bertz CT molecular complexity index is 821. The van der Waals surface area contributed by atoms with E-state index >= 15 is 0 Å². The average molecular weight is 422 g/mol. The summed E-state index contributed by atoms with van der Waals surface area (Å²) in [5.41, 5.74) is 1.92. The molecule has 0 radical (unpaired) electrons. The van der Waals surface area contributed by atoms with Crippen LogP contribution in [-0.2, 0) is 22.5 Å². The van der Waals surface area contributed by atoms with Gasteiger partial charge in [0.05, 0.1) is 33.0 Å². The minimum Gasteiger partial charge on any atom is -0.360 e. The molecule has 0 fully saturated rings. The van der Waals surface area contributed by atoms with Crippen LogP contribution >= 0.6 is 0 Å². The molecule has 1 heterocycles. The highest BCUT2D eigenvalue weighted by Crippen LogP contribution is 2.27. The summed E-state index contributed by atoms with van der Waals surface area (Å²) in [5.74, 6) is 0. The second-order valence-electron chi connectivity index (χ2n) is 9.33. The Labute approximate surface area is 173 Å². The number of para-hydroxylation sites is 1. The molecule has 2 rings (SSSR count). The van der Waals surface area contributed by atoms with Crippen LogP contribution in [0.3, 0.4) is 0 Å². The number of nitrogens with zero attached hydrogens (tertiary/aromatic N) is 2. The van der Waals surface area contributed by atoms with Crippen molar-refractivity contribution < 1.29 is 8.95 Å². The third-order valence-electron chi connectivity index (χ3n) is 4.43. The van der Waals surface area contributed by atoms with Crippen LogP contribution in [-0.4, -0.2) is 33.4 Å². The standard InChI is InChI=1S/C21H35N3O2SSi/c1-8-11-18(23-27(25)21(2,3)4)20-17-12-9-10-13-19(17)24(22-20)16-26-14-15-28(5,6)7/h8-10,12-13,18,23H,1,11,14-16H2,2-7H3/t18-,27-/m0/s1. The molecule has 1 N–H and O–H groups in total. The fourth-order valence-corrected chi connectivity index (χ4v) is 4.30. The molecule has 0 amide bonds. The minimum atomic E-state index is -1.19. The Morgan fingerprint density at radius 1 is 1.32 bits per heavy atom. The van der Waals surface area contributed by atoms with E-state index in [1.54, 1.807) is 0 Å². The highest BCUT2D eigenvalue weighted by Gasteiger charge is 2.26. The van der Waals surface area contributed by atoms with Gasteiger partial charge in [0.2, 0.25) is 0 Å². The topological polar surface area (TPSA) is 56.2 Å². The van der Waals surface area contributed by atoms with E-state index in [0.717, 1.165) is 29.2 Å². The molecule has 0 spiro atoms. The van der Waals surface area contributed by atoms with Crippen LogP contribution in [0.2, 0.25) is 25.7 Å². The molecular weight excluding hydrogens is 386 g/mol. The maximum Gasteiger partial charge on any atom is 0.140 e. The number of aromatic nitrogens is 2. The molecule has 5 nitrogen and oxygen atoms in total. The van der Waals surface area contributed by atoms with Crippen molar-refractivity contribution in [1.82, 2.24) is 14.5 Å². The summed E-state index contributed by atoms with van der Waals surface area (Å²) in [6, 6.07) is 9.11. The largest absolute Gasteiger partial charge is 0.360 e. The second-order valence-corrected chi connectivity index (χ2v) is 16.9. The van der Waals surface area contributed by atoms with Crippen LogP contribution in [0, 0.1) is 0 Å². The van der Waals surface area contributed by atoms with Crippen molar-refractivity contribution in [3.8, 4) is 0 Å². The Hall–Kier alpha value is -1.28. The van der Waals surface area contributed by atoms with Gasteiger partial charge in [-0.3, -0.25) is 0 Å². The van der Waals surface area contributed by atoms with Crippen molar-refractivity contribution >= 4 is 30.0 Å². The van der Waals surface area contributed by atoms with Crippen LogP contribution < -0.4 is 4.72 Å². The Morgan fingerprint density at radius 3 is 2.61 bits per heavy atom. The molecule has 0 unspecified atom stereocenters. The smallest absolute Gasteiger partial charge is 0.140 e. The molecule has 0 aliphatic heterocycles. The van der Waals surface area contributed by atoms with Gasteiger partial charge in [-0.25, -0.2) is 13.6 Å². The van der Waals surface area contributed by atoms with Gasteiger partial charge in [0, 0.05) is 20.1 Å². The zero-order valence-electron chi connectivity index (χ0n) is 18.1. The van der Waals surface area contributed by atoms with Gasteiger partial charge < -0.3 is 4.74 Å². The zero-order chi connectivity index (χ0) is 20.9. The van der Waals surface area contributed by atoms with Crippen molar-refractivity contribution in [2.75, 3.05) is 6.61 Å². The van der Waals surface area contributed by atoms with Gasteiger partial charge in [0.1, 0.15) is 6.73 Å². The first kappa shape index (κ1) is 23.0. The fraction of sp³-hybridized carbons (Fsp3) is 0.571. The lowest BCUT2D eigenvalue weighted by molar-refractivity contribution is 0.0812. The van der Waals surface area contributed by atoms with Crippen molar-refractivity contribution in [2.45, 2.75) is 70.4 Å². The van der Waals surface area contributed by atoms with Gasteiger partial charge >= 0.3 is 0 Å². The van der Waals surface area contributed by atoms with Crippen molar-refractivity contribution in [1.29, 1.82) is 0 Å². The van der Waals surface area contributed by atoms with Crippen molar-refractivity contribution in [3.05, 3.63) is 42.6 Å². The molecule has 2 aromatic rings. The monoisotopic (exact) mass is 421 g/mol. The lowest BCUT2D eigenvalue weighted by Crippen LogP contribution is -2.35. The summed E-state index contributed by atoms with van der Waals surface area (Å²) in [7, 11) is -2.31. The number of rotatable bonds is 10. The molecule has 0 saturated carbocycles. The summed E-state index contributed by atoms with van der Waals surface area (Å²) in [5, 5.41) is 5.89. The number of hydrogen-bond acceptors (Lipinski definition) is 3. The highest BCUT2D eigenvalue weighted by atomic mass is 32.2. The molecule has 0 aliphatic carbocycles. The first-order chi connectivity index (χ1) is 13.0. The van der Waals surface area contributed by atoms with Crippen LogP contribution in [0.25, 0.3) is 10.9 Å². The summed E-state index contributed by atoms with van der Waals surface area (Å²) in [6.07, 6.45) is 2.50. The Balaban J connectivity index is 2.27. The number of fused-ring (bicyclic) bond motifs is 1. The molecule has 7 heteroatoms. The first-order valence-corrected chi connectivity index (χ1v) is 14.7. The molecule has 0 saturated heterocycles.